The molecule has 0 amide bonds. The number of halogens is 1. The molecule has 2 N–H and O–H groups in total. The Labute approximate surface area is 200 Å². The van der Waals surface area contributed by atoms with Crippen LogP contribution in [0.1, 0.15) is 24.5 Å². The zero-order chi connectivity index (χ0) is 20.9. The number of nitrogens with zero attached hydrogens (tertiary/aromatic N) is 4. The highest BCUT2D eigenvalue weighted by Crippen LogP contribution is 2.17. The minimum atomic E-state index is 0. The van der Waals surface area contributed by atoms with Crippen molar-refractivity contribution >= 4 is 47.4 Å². The number of aryl methyl sites for hydroxylation is 1. The average Bonchev–Trinajstić information content (AvgIpc) is 3.05. The number of benzene rings is 1. The molecular weight excluding hydrogens is 515 g/mol. The van der Waals surface area contributed by atoms with Gasteiger partial charge in [0.1, 0.15) is 18.1 Å². The third kappa shape index (κ3) is 9.52. The molecule has 0 atom stereocenters. The first-order chi connectivity index (χ1) is 14.1. The molecule has 0 aliphatic rings. The number of nitrogens with one attached hydrogen (secondary N) is 2. The lowest BCUT2D eigenvalue weighted by Crippen LogP contribution is -2.32. The fraction of sp³-hybridized carbons (Fsp3) is 0.550. The van der Waals surface area contributed by atoms with Crippen LogP contribution in [-0.2, 0) is 18.3 Å². The number of thioether (sulfide) groups is 1. The second-order valence-electron chi connectivity index (χ2n) is 6.51. The van der Waals surface area contributed by atoms with Crippen molar-refractivity contribution < 1.29 is 9.47 Å². The highest BCUT2D eigenvalue weighted by molar-refractivity contribution is 14.0. The van der Waals surface area contributed by atoms with Crippen LogP contribution < -0.4 is 15.4 Å². The summed E-state index contributed by atoms with van der Waals surface area (Å²) in [7, 11) is 3.64. The van der Waals surface area contributed by atoms with E-state index in [1.54, 1.807) is 7.11 Å². The van der Waals surface area contributed by atoms with Crippen LogP contribution in [0.2, 0.25) is 0 Å². The van der Waals surface area contributed by atoms with Crippen molar-refractivity contribution in [2.24, 2.45) is 12.0 Å². The van der Waals surface area contributed by atoms with E-state index in [9.17, 15) is 0 Å². The predicted octanol–water partition coefficient (Wildman–Crippen LogP) is 3.47. The van der Waals surface area contributed by atoms with Gasteiger partial charge in [0.15, 0.2) is 11.8 Å². The Morgan fingerprint density at radius 1 is 1.23 bits per heavy atom. The Bertz CT molecular complexity index is 772. The minimum absolute atomic E-state index is 0. The number of methoxy groups -OCH3 is 1. The maximum Gasteiger partial charge on any atom is 0.196 e. The van der Waals surface area contributed by atoms with Crippen LogP contribution in [0, 0.1) is 6.92 Å². The van der Waals surface area contributed by atoms with Crippen LogP contribution in [0.4, 0.5) is 5.69 Å². The van der Waals surface area contributed by atoms with Crippen molar-refractivity contribution in [1.29, 1.82) is 0 Å². The van der Waals surface area contributed by atoms with Gasteiger partial charge < -0.3 is 24.7 Å². The number of guanidine groups is 1. The molecule has 168 valence electrons. The molecule has 8 nitrogen and oxygen atoms in total. The number of aliphatic imine (C=N–C) groups is 1. The Morgan fingerprint density at radius 3 is 2.77 bits per heavy atom. The summed E-state index contributed by atoms with van der Waals surface area (Å²) in [5.41, 5.74) is 0.916. The van der Waals surface area contributed by atoms with Crippen molar-refractivity contribution in [1.82, 2.24) is 20.1 Å². The smallest absolute Gasteiger partial charge is 0.196 e. The molecule has 2 aromatic rings. The van der Waals surface area contributed by atoms with Gasteiger partial charge in [-0.3, -0.25) is 0 Å². The zero-order valence-electron chi connectivity index (χ0n) is 18.2. The van der Waals surface area contributed by atoms with E-state index in [0.29, 0.717) is 25.7 Å². The van der Waals surface area contributed by atoms with Gasteiger partial charge in [0.05, 0.1) is 6.61 Å². The van der Waals surface area contributed by atoms with Crippen LogP contribution >= 0.6 is 35.7 Å². The van der Waals surface area contributed by atoms with Crippen LogP contribution in [0.3, 0.4) is 0 Å². The summed E-state index contributed by atoms with van der Waals surface area (Å²) >= 11 is 1.84. The van der Waals surface area contributed by atoms with Crippen LogP contribution in [0.15, 0.2) is 29.3 Å². The molecule has 10 heteroatoms. The standard InChI is InChI=1S/C20H32N6O2S.HI/c1-16-24-25-19(26(16)2)15-22-20(21-10-6-13-29-4)23-17-8-5-9-18(14-17)28-12-7-11-27-3;/h5,8-9,14H,6-7,10-13,15H2,1-4H3,(H2,21,22,23);1H. The molecule has 30 heavy (non-hydrogen) atoms. The molecule has 1 aromatic heterocycles. The molecule has 0 spiro atoms. The number of aromatic nitrogens is 3. The van der Waals surface area contributed by atoms with Gasteiger partial charge in [-0.15, -0.1) is 34.2 Å². The predicted molar refractivity (Wildman–Crippen MR) is 135 cm³/mol. The van der Waals surface area contributed by atoms with Crippen LogP contribution in [0.25, 0.3) is 0 Å². The summed E-state index contributed by atoms with van der Waals surface area (Å²) in [5, 5.41) is 15.0. The normalized spacial score (nSPS) is 11.1. The van der Waals surface area contributed by atoms with Crippen molar-refractivity contribution in [3.8, 4) is 5.75 Å². The van der Waals surface area contributed by atoms with Gasteiger partial charge in [-0.05, 0) is 37.5 Å². The van der Waals surface area contributed by atoms with Crippen LogP contribution in [-0.4, -0.2) is 59.6 Å². The van der Waals surface area contributed by atoms with E-state index in [2.05, 4.69) is 32.1 Å². The molecule has 1 aromatic carbocycles. The monoisotopic (exact) mass is 548 g/mol. The molecule has 0 fully saturated rings. The summed E-state index contributed by atoms with van der Waals surface area (Å²) < 4.78 is 12.8. The van der Waals surface area contributed by atoms with Gasteiger partial charge in [0, 0.05) is 45.5 Å². The molecule has 0 aliphatic carbocycles. The highest BCUT2D eigenvalue weighted by atomic mass is 127. The molecule has 1 heterocycles. The highest BCUT2D eigenvalue weighted by Gasteiger charge is 2.06. The largest absolute Gasteiger partial charge is 0.493 e. The molecule has 0 aliphatic heterocycles. The summed E-state index contributed by atoms with van der Waals surface area (Å²) in [6, 6.07) is 7.88. The number of ether oxygens (including phenoxy) is 2. The molecular formula is C20H33IN6O2S. The van der Waals surface area contributed by atoms with Gasteiger partial charge in [-0.2, -0.15) is 11.8 Å². The maximum atomic E-state index is 5.79. The van der Waals surface area contributed by atoms with Crippen molar-refractivity contribution in [3.63, 3.8) is 0 Å². The molecule has 0 unspecified atom stereocenters. The first-order valence-electron chi connectivity index (χ1n) is 9.75. The number of hydrogen-bond donors (Lipinski definition) is 2. The van der Waals surface area contributed by atoms with E-state index in [1.165, 1.54) is 0 Å². The molecule has 0 saturated carbocycles. The Balaban J connectivity index is 0.00000450. The minimum Gasteiger partial charge on any atom is -0.493 e. The van der Waals surface area contributed by atoms with Gasteiger partial charge in [-0.1, -0.05) is 6.07 Å². The third-order valence-corrected chi connectivity index (χ3v) is 4.93. The van der Waals surface area contributed by atoms with E-state index >= 15 is 0 Å². The fourth-order valence-electron chi connectivity index (χ4n) is 2.50. The Hall–Kier alpha value is -1.53. The topological polar surface area (TPSA) is 85.6 Å². The average molecular weight is 548 g/mol. The summed E-state index contributed by atoms with van der Waals surface area (Å²) in [5.74, 6) is 4.33. The Kier molecular flexibility index (Phi) is 13.5. The van der Waals surface area contributed by atoms with Gasteiger partial charge >= 0.3 is 0 Å². The second kappa shape index (κ2) is 15.3. The summed E-state index contributed by atoms with van der Waals surface area (Å²) in [6.45, 7) is 4.53. The summed E-state index contributed by atoms with van der Waals surface area (Å²) in [6.07, 6.45) is 4.03. The van der Waals surface area contributed by atoms with E-state index < -0.39 is 0 Å². The van der Waals surface area contributed by atoms with E-state index in [0.717, 1.165) is 48.2 Å². The first-order valence-corrected chi connectivity index (χ1v) is 11.1. The van der Waals surface area contributed by atoms with Crippen molar-refractivity contribution in [3.05, 3.63) is 35.9 Å². The maximum absolute atomic E-state index is 5.79. The van der Waals surface area contributed by atoms with Crippen LogP contribution in [0.5, 0.6) is 5.75 Å². The number of rotatable bonds is 12. The summed E-state index contributed by atoms with van der Waals surface area (Å²) in [4.78, 5) is 4.68. The van der Waals surface area contributed by atoms with E-state index in [-0.39, 0.29) is 24.0 Å². The van der Waals surface area contributed by atoms with Gasteiger partial charge in [-0.25, -0.2) is 4.99 Å². The Morgan fingerprint density at radius 2 is 2.07 bits per heavy atom. The lowest BCUT2D eigenvalue weighted by molar-refractivity contribution is 0.172. The fourth-order valence-corrected chi connectivity index (χ4v) is 2.93. The zero-order valence-corrected chi connectivity index (χ0v) is 21.3. The molecule has 0 radical (unpaired) electrons. The SMILES string of the molecule is COCCCOc1cccc(NC(=NCc2nnc(C)n2C)NCCCSC)c1.I. The van der Waals surface area contributed by atoms with Crippen molar-refractivity contribution in [2.45, 2.75) is 26.3 Å². The van der Waals surface area contributed by atoms with Crippen molar-refractivity contribution in [2.75, 3.05) is 44.2 Å². The van der Waals surface area contributed by atoms with Gasteiger partial charge in [0.2, 0.25) is 0 Å². The van der Waals surface area contributed by atoms with Gasteiger partial charge in [0.25, 0.3) is 0 Å². The quantitative estimate of drug-likeness (QED) is 0.182. The lowest BCUT2D eigenvalue weighted by Gasteiger charge is -2.14. The molecule has 0 bridgehead atoms. The number of hydrogen-bond acceptors (Lipinski definition) is 6. The first kappa shape index (κ1) is 26.5. The molecule has 0 saturated heterocycles. The number of anilines is 1. The van der Waals surface area contributed by atoms with E-state index in [1.807, 2.05) is 54.6 Å². The van der Waals surface area contributed by atoms with E-state index in [4.69, 9.17) is 9.47 Å². The lowest BCUT2D eigenvalue weighted by atomic mass is 10.3. The second-order valence-corrected chi connectivity index (χ2v) is 7.49. The third-order valence-electron chi connectivity index (χ3n) is 4.24. The molecule has 2 rings (SSSR count).